The summed E-state index contributed by atoms with van der Waals surface area (Å²) >= 11 is 8.23. The molecule has 0 bridgehead atoms. The van der Waals surface area contributed by atoms with E-state index in [0.717, 1.165) is 48.1 Å². The van der Waals surface area contributed by atoms with Crippen molar-refractivity contribution in [3.05, 3.63) is 28.8 Å². The van der Waals surface area contributed by atoms with E-state index in [1.165, 1.54) is 18.5 Å². The van der Waals surface area contributed by atoms with Gasteiger partial charge in [0.1, 0.15) is 0 Å². The molecule has 1 atom stereocenters. The van der Waals surface area contributed by atoms with Gasteiger partial charge in [-0.05, 0) is 37.1 Å². The SMILES string of the molecule is OC1(CNCc2c(Cl)cccc2N2CCCC2)CCSC1. The van der Waals surface area contributed by atoms with Crippen LogP contribution in [0.3, 0.4) is 0 Å². The molecule has 2 heterocycles. The molecule has 1 aromatic rings. The topological polar surface area (TPSA) is 35.5 Å². The number of rotatable bonds is 5. The van der Waals surface area contributed by atoms with Crippen molar-refractivity contribution in [2.45, 2.75) is 31.4 Å². The monoisotopic (exact) mass is 326 g/mol. The Hall–Kier alpha value is -0.420. The van der Waals surface area contributed by atoms with Crippen LogP contribution >= 0.6 is 23.4 Å². The Kier molecular flexibility index (Phi) is 4.99. The van der Waals surface area contributed by atoms with Crippen molar-refractivity contribution in [3.8, 4) is 0 Å². The summed E-state index contributed by atoms with van der Waals surface area (Å²) in [6.45, 7) is 3.60. The Morgan fingerprint density at radius 3 is 2.86 bits per heavy atom. The van der Waals surface area contributed by atoms with Crippen LogP contribution in [0.5, 0.6) is 0 Å². The van der Waals surface area contributed by atoms with E-state index >= 15 is 0 Å². The molecule has 2 aliphatic heterocycles. The van der Waals surface area contributed by atoms with E-state index in [9.17, 15) is 5.11 Å². The molecule has 2 saturated heterocycles. The predicted octanol–water partition coefficient (Wildman–Crippen LogP) is 2.90. The Morgan fingerprint density at radius 1 is 1.33 bits per heavy atom. The molecule has 1 unspecified atom stereocenters. The molecule has 1 aromatic carbocycles. The van der Waals surface area contributed by atoms with Crippen molar-refractivity contribution >= 4 is 29.1 Å². The first kappa shape index (κ1) is 15.5. The number of aliphatic hydroxyl groups is 1. The number of nitrogens with zero attached hydrogens (tertiary/aromatic N) is 1. The number of benzene rings is 1. The highest BCUT2D eigenvalue weighted by Gasteiger charge is 2.31. The summed E-state index contributed by atoms with van der Waals surface area (Å²) in [5, 5.41) is 14.6. The van der Waals surface area contributed by atoms with Crippen molar-refractivity contribution < 1.29 is 5.11 Å². The standard InChI is InChI=1S/C16H23ClN2OS/c17-14-4-3-5-15(19-7-1-2-8-19)13(14)10-18-11-16(20)6-9-21-12-16/h3-5,18,20H,1-2,6-12H2. The maximum Gasteiger partial charge on any atom is 0.0869 e. The fraction of sp³-hybridized carbons (Fsp3) is 0.625. The van der Waals surface area contributed by atoms with Gasteiger partial charge in [-0.1, -0.05) is 17.7 Å². The van der Waals surface area contributed by atoms with Crippen molar-refractivity contribution in [2.75, 3.05) is 36.0 Å². The first-order valence-electron chi connectivity index (χ1n) is 7.71. The zero-order chi connectivity index (χ0) is 14.7. The van der Waals surface area contributed by atoms with Crippen LogP contribution in [0.2, 0.25) is 5.02 Å². The van der Waals surface area contributed by atoms with Gasteiger partial charge in [0.25, 0.3) is 0 Å². The summed E-state index contributed by atoms with van der Waals surface area (Å²) in [7, 11) is 0. The molecule has 3 rings (SSSR count). The predicted molar refractivity (Wildman–Crippen MR) is 91.5 cm³/mol. The van der Waals surface area contributed by atoms with E-state index < -0.39 is 5.60 Å². The molecular formula is C16H23ClN2OS. The van der Waals surface area contributed by atoms with Gasteiger partial charge in [-0.25, -0.2) is 0 Å². The molecule has 0 aliphatic carbocycles. The third-order valence-electron chi connectivity index (χ3n) is 4.38. The minimum Gasteiger partial charge on any atom is -0.388 e. The molecule has 0 amide bonds. The molecule has 3 nitrogen and oxygen atoms in total. The van der Waals surface area contributed by atoms with E-state index in [2.05, 4.69) is 16.3 Å². The van der Waals surface area contributed by atoms with Gasteiger partial charge in [-0.15, -0.1) is 0 Å². The number of hydrogen-bond donors (Lipinski definition) is 2. The third kappa shape index (κ3) is 3.67. The van der Waals surface area contributed by atoms with Crippen LogP contribution in [0.25, 0.3) is 0 Å². The molecular weight excluding hydrogens is 304 g/mol. The average molecular weight is 327 g/mol. The van der Waals surface area contributed by atoms with Gasteiger partial charge in [0.15, 0.2) is 0 Å². The lowest BCUT2D eigenvalue weighted by Gasteiger charge is -2.25. The second kappa shape index (κ2) is 6.78. The van der Waals surface area contributed by atoms with E-state index in [0.29, 0.717) is 6.54 Å². The minimum absolute atomic E-state index is 0.542. The number of hydrogen-bond acceptors (Lipinski definition) is 4. The van der Waals surface area contributed by atoms with Gasteiger partial charge >= 0.3 is 0 Å². The van der Waals surface area contributed by atoms with Crippen molar-refractivity contribution in [1.29, 1.82) is 0 Å². The van der Waals surface area contributed by atoms with Gasteiger partial charge in [0.2, 0.25) is 0 Å². The third-order valence-corrected chi connectivity index (χ3v) is 5.97. The Balaban J connectivity index is 1.66. The Labute approximate surface area is 136 Å². The average Bonchev–Trinajstić information content (AvgIpc) is 3.12. The van der Waals surface area contributed by atoms with Crippen LogP contribution in [-0.4, -0.2) is 41.8 Å². The fourth-order valence-electron chi connectivity index (χ4n) is 3.13. The zero-order valence-electron chi connectivity index (χ0n) is 12.3. The molecule has 116 valence electrons. The highest BCUT2D eigenvalue weighted by molar-refractivity contribution is 7.99. The quantitative estimate of drug-likeness (QED) is 0.872. The Morgan fingerprint density at radius 2 is 2.14 bits per heavy atom. The number of nitrogens with one attached hydrogen (secondary N) is 1. The lowest BCUT2D eigenvalue weighted by atomic mass is 10.0. The van der Waals surface area contributed by atoms with Gasteiger partial charge in [-0.2, -0.15) is 11.8 Å². The first-order chi connectivity index (χ1) is 10.2. The lowest BCUT2D eigenvalue weighted by Crippen LogP contribution is -2.40. The summed E-state index contributed by atoms with van der Waals surface area (Å²) in [6.07, 6.45) is 3.40. The largest absolute Gasteiger partial charge is 0.388 e. The maximum atomic E-state index is 10.4. The van der Waals surface area contributed by atoms with Crippen molar-refractivity contribution in [1.82, 2.24) is 5.32 Å². The molecule has 2 fully saturated rings. The molecule has 0 radical (unpaired) electrons. The summed E-state index contributed by atoms with van der Waals surface area (Å²) in [4.78, 5) is 2.42. The second-order valence-corrected chi connectivity index (χ2v) is 7.57. The molecule has 0 spiro atoms. The molecule has 0 saturated carbocycles. The second-order valence-electron chi connectivity index (χ2n) is 6.06. The number of thioether (sulfide) groups is 1. The van der Waals surface area contributed by atoms with Crippen molar-refractivity contribution in [2.24, 2.45) is 0 Å². The summed E-state index contributed by atoms with van der Waals surface area (Å²) in [6, 6.07) is 6.15. The highest BCUT2D eigenvalue weighted by Crippen LogP contribution is 2.31. The van der Waals surface area contributed by atoms with E-state index in [4.69, 9.17) is 11.6 Å². The van der Waals surface area contributed by atoms with Crippen LogP contribution in [0, 0.1) is 0 Å². The van der Waals surface area contributed by atoms with Gasteiger partial charge < -0.3 is 15.3 Å². The molecule has 2 aliphatic rings. The minimum atomic E-state index is -0.542. The fourth-order valence-corrected chi connectivity index (χ4v) is 4.66. The van der Waals surface area contributed by atoms with Gasteiger partial charge in [0.05, 0.1) is 5.60 Å². The normalized spacial score (nSPS) is 25.7. The summed E-state index contributed by atoms with van der Waals surface area (Å²) in [5.41, 5.74) is 1.87. The molecule has 0 aromatic heterocycles. The van der Waals surface area contributed by atoms with Gasteiger partial charge in [-0.3, -0.25) is 0 Å². The van der Waals surface area contributed by atoms with Crippen LogP contribution in [0.15, 0.2) is 18.2 Å². The molecule has 5 heteroatoms. The summed E-state index contributed by atoms with van der Waals surface area (Å²) in [5.74, 6) is 1.89. The van der Waals surface area contributed by atoms with E-state index in [1.54, 1.807) is 0 Å². The van der Waals surface area contributed by atoms with Crippen LogP contribution in [0.1, 0.15) is 24.8 Å². The first-order valence-corrected chi connectivity index (χ1v) is 9.24. The van der Waals surface area contributed by atoms with Gasteiger partial charge in [0, 0.05) is 48.2 Å². The molecule has 2 N–H and O–H groups in total. The number of halogens is 1. The molecule has 21 heavy (non-hydrogen) atoms. The number of anilines is 1. The van der Waals surface area contributed by atoms with Crippen molar-refractivity contribution in [3.63, 3.8) is 0 Å². The Bertz CT molecular complexity index is 485. The smallest absolute Gasteiger partial charge is 0.0869 e. The summed E-state index contributed by atoms with van der Waals surface area (Å²) < 4.78 is 0. The van der Waals surface area contributed by atoms with E-state index in [-0.39, 0.29) is 0 Å². The van der Waals surface area contributed by atoms with E-state index in [1.807, 2.05) is 23.9 Å². The highest BCUT2D eigenvalue weighted by atomic mass is 35.5. The van der Waals surface area contributed by atoms with Crippen LogP contribution < -0.4 is 10.2 Å². The lowest BCUT2D eigenvalue weighted by molar-refractivity contribution is 0.0675. The van der Waals surface area contributed by atoms with Crippen LogP contribution in [0.4, 0.5) is 5.69 Å². The maximum absolute atomic E-state index is 10.4. The van der Waals surface area contributed by atoms with Crippen LogP contribution in [-0.2, 0) is 6.54 Å². The zero-order valence-corrected chi connectivity index (χ0v) is 13.8.